The normalized spacial score (nSPS) is 11.3. The highest BCUT2D eigenvalue weighted by Gasteiger charge is 2.32. The number of carbonyl (C=O) groups is 2. The lowest BCUT2D eigenvalue weighted by Gasteiger charge is -2.19. The summed E-state index contributed by atoms with van der Waals surface area (Å²) in [6, 6.07) is 8.26. The van der Waals surface area contributed by atoms with E-state index in [2.05, 4.69) is 15.4 Å². The number of amides is 3. The summed E-state index contributed by atoms with van der Waals surface area (Å²) in [5.41, 5.74) is 0.257. The summed E-state index contributed by atoms with van der Waals surface area (Å²) in [5.74, 6) is -0.423. The van der Waals surface area contributed by atoms with Gasteiger partial charge in [0.25, 0.3) is 0 Å². The van der Waals surface area contributed by atoms with Crippen molar-refractivity contribution < 1.29 is 31.9 Å². The molecule has 2 N–H and O–H groups in total. The van der Waals surface area contributed by atoms with Crippen LogP contribution in [-0.2, 0) is 17.9 Å². The number of imide groups is 1. The monoisotopic (exact) mass is 385 g/mol. The second-order valence-corrected chi connectivity index (χ2v) is 5.64. The molecule has 0 saturated heterocycles. The molecule has 0 radical (unpaired) electrons. The summed E-state index contributed by atoms with van der Waals surface area (Å²) in [7, 11) is 1.53. The van der Waals surface area contributed by atoms with Gasteiger partial charge in [0, 0.05) is 12.1 Å². The molecule has 0 atom stereocenters. The average molecular weight is 385 g/mol. The number of halogens is 3. The molecule has 7 nitrogen and oxygen atoms in total. The second-order valence-electron chi connectivity index (χ2n) is 5.64. The van der Waals surface area contributed by atoms with E-state index < -0.39 is 18.3 Å². The van der Waals surface area contributed by atoms with Crippen LogP contribution in [-0.4, -0.2) is 36.8 Å². The van der Waals surface area contributed by atoms with E-state index in [0.29, 0.717) is 5.76 Å². The van der Waals surface area contributed by atoms with Gasteiger partial charge in [0.05, 0.1) is 19.4 Å². The SMILES string of the molecule is CN(CC(=O)NC(=O)NCc1ccco1)Cc1ccccc1OC(F)(F)F. The van der Waals surface area contributed by atoms with Crippen LogP contribution in [0.4, 0.5) is 18.0 Å². The number of rotatable bonds is 7. The van der Waals surface area contributed by atoms with Crippen molar-refractivity contribution in [2.75, 3.05) is 13.6 Å². The molecule has 3 amide bonds. The van der Waals surface area contributed by atoms with Gasteiger partial charge in [-0.1, -0.05) is 18.2 Å². The molecular weight excluding hydrogens is 367 g/mol. The molecule has 0 spiro atoms. The van der Waals surface area contributed by atoms with E-state index >= 15 is 0 Å². The van der Waals surface area contributed by atoms with Gasteiger partial charge in [-0.2, -0.15) is 0 Å². The van der Waals surface area contributed by atoms with Crippen molar-refractivity contribution in [3.05, 3.63) is 54.0 Å². The van der Waals surface area contributed by atoms with Crippen LogP contribution >= 0.6 is 0 Å². The van der Waals surface area contributed by atoms with Crippen molar-refractivity contribution in [1.29, 1.82) is 0 Å². The van der Waals surface area contributed by atoms with E-state index in [9.17, 15) is 22.8 Å². The number of hydrogen-bond donors (Lipinski definition) is 2. The number of furan rings is 1. The Kier molecular flexibility index (Phi) is 6.83. The smallest absolute Gasteiger partial charge is 0.467 e. The maximum absolute atomic E-state index is 12.4. The maximum atomic E-state index is 12.4. The summed E-state index contributed by atoms with van der Waals surface area (Å²) in [4.78, 5) is 25.0. The molecule has 0 aliphatic heterocycles. The number of nitrogens with one attached hydrogen (secondary N) is 2. The summed E-state index contributed by atoms with van der Waals surface area (Å²) < 4.78 is 46.3. The number of urea groups is 1. The number of hydrogen-bond acceptors (Lipinski definition) is 5. The number of benzene rings is 1. The van der Waals surface area contributed by atoms with Gasteiger partial charge < -0.3 is 14.5 Å². The Balaban J connectivity index is 1.82. The Labute approximate surface area is 153 Å². The number of ether oxygens (including phenoxy) is 1. The Morgan fingerprint density at radius 2 is 1.93 bits per heavy atom. The Hall–Kier alpha value is -3.01. The van der Waals surface area contributed by atoms with Crippen LogP contribution in [0.3, 0.4) is 0 Å². The fourth-order valence-corrected chi connectivity index (χ4v) is 2.24. The van der Waals surface area contributed by atoms with Gasteiger partial charge in [-0.3, -0.25) is 15.0 Å². The van der Waals surface area contributed by atoms with Crippen molar-refractivity contribution in [2.24, 2.45) is 0 Å². The molecule has 0 aliphatic rings. The Morgan fingerprint density at radius 1 is 1.19 bits per heavy atom. The summed E-state index contributed by atoms with van der Waals surface area (Å²) in [6.07, 6.45) is -3.35. The molecule has 0 saturated carbocycles. The topological polar surface area (TPSA) is 83.8 Å². The van der Waals surface area contributed by atoms with Crippen molar-refractivity contribution in [3.8, 4) is 5.75 Å². The van der Waals surface area contributed by atoms with Gasteiger partial charge in [0.15, 0.2) is 0 Å². The van der Waals surface area contributed by atoms with Crippen LogP contribution in [0.2, 0.25) is 0 Å². The van der Waals surface area contributed by atoms with Crippen LogP contribution in [0.1, 0.15) is 11.3 Å². The minimum atomic E-state index is -4.81. The lowest BCUT2D eigenvalue weighted by atomic mass is 10.2. The zero-order valence-electron chi connectivity index (χ0n) is 14.4. The highest BCUT2D eigenvalue weighted by molar-refractivity contribution is 5.95. The van der Waals surface area contributed by atoms with Crippen LogP contribution < -0.4 is 15.4 Å². The van der Waals surface area contributed by atoms with Crippen molar-refractivity contribution in [2.45, 2.75) is 19.5 Å². The number of likely N-dealkylation sites (N-methyl/N-ethyl adjacent to an activating group) is 1. The highest BCUT2D eigenvalue weighted by atomic mass is 19.4. The van der Waals surface area contributed by atoms with E-state index in [1.165, 1.54) is 36.4 Å². The van der Waals surface area contributed by atoms with E-state index in [4.69, 9.17) is 4.42 Å². The quantitative estimate of drug-likeness (QED) is 0.766. The predicted molar refractivity (Wildman–Crippen MR) is 88.5 cm³/mol. The van der Waals surface area contributed by atoms with Gasteiger partial charge in [-0.15, -0.1) is 13.2 Å². The average Bonchev–Trinajstić information content (AvgIpc) is 3.06. The van der Waals surface area contributed by atoms with Gasteiger partial charge in [-0.05, 0) is 25.2 Å². The lowest BCUT2D eigenvalue weighted by Crippen LogP contribution is -2.43. The summed E-state index contributed by atoms with van der Waals surface area (Å²) >= 11 is 0. The molecule has 146 valence electrons. The molecule has 27 heavy (non-hydrogen) atoms. The molecule has 1 heterocycles. The zero-order valence-corrected chi connectivity index (χ0v) is 14.4. The maximum Gasteiger partial charge on any atom is 0.573 e. The fourth-order valence-electron chi connectivity index (χ4n) is 2.24. The van der Waals surface area contributed by atoms with Crippen molar-refractivity contribution >= 4 is 11.9 Å². The number of para-hydroxylation sites is 1. The van der Waals surface area contributed by atoms with Crippen LogP contribution in [0.5, 0.6) is 5.75 Å². The molecule has 1 aromatic carbocycles. The first-order valence-corrected chi connectivity index (χ1v) is 7.85. The third kappa shape index (κ3) is 7.40. The zero-order chi connectivity index (χ0) is 19.9. The fraction of sp³-hybridized carbons (Fsp3) is 0.294. The third-order valence-corrected chi connectivity index (χ3v) is 3.31. The third-order valence-electron chi connectivity index (χ3n) is 3.31. The molecule has 1 aromatic heterocycles. The van der Waals surface area contributed by atoms with Crippen LogP contribution in [0.25, 0.3) is 0 Å². The van der Waals surface area contributed by atoms with E-state index in [0.717, 1.165) is 0 Å². The van der Waals surface area contributed by atoms with E-state index in [1.807, 2.05) is 0 Å². The van der Waals surface area contributed by atoms with Gasteiger partial charge in [0.1, 0.15) is 11.5 Å². The van der Waals surface area contributed by atoms with Gasteiger partial charge in [-0.25, -0.2) is 4.79 Å². The van der Waals surface area contributed by atoms with Gasteiger partial charge >= 0.3 is 12.4 Å². The molecule has 2 aromatic rings. The number of carbonyl (C=O) groups excluding carboxylic acids is 2. The molecular formula is C17H18F3N3O4. The van der Waals surface area contributed by atoms with Crippen LogP contribution in [0, 0.1) is 0 Å². The van der Waals surface area contributed by atoms with Crippen molar-refractivity contribution in [3.63, 3.8) is 0 Å². The largest absolute Gasteiger partial charge is 0.573 e. The summed E-state index contributed by atoms with van der Waals surface area (Å²) in [5, 5.41) is 4.57. The van der Waals surface area contributed by atoms with Crippen molar-refractivity contribution in [1.82, 2.24) is 15.5 Å². The Morgan fingerprint density at radius 3 is 2.59 bits per heavy atom. The first-order valence-electron chi connectivity index (χ1n) is 7.85. The van der Waals surface area contributed by atoms with Crippen LogP contribution in [0.15, 0.2) is 47.1 Å². The molecule has 0 fully saturated rings. The number of alkyl halides is 3. The van der Waals surface area contributed by atoms with E-state index in [-0.39, 0.29) is 30.9 Å². The standard InChI is InChI=1S/C17H18F3N3O4/c1-23(10-12-5-2-3-7-14(12)27-17(18,19)20)11-15(24)22-16(25)21-9-13-6-4-8-26-13/h2-8H,9-11H2,1H3,(H2,21,22,24,25). The lowest BCUT2D eigenvalue weighted by molar-refractivity contribution is -0.275. The van der Waals surface area contributed by atoms with Gasteiger partial charge in [0.2, 0.25) is 5.91 Å². The first-order chi connectivity index (χ1) is 12.7. The highest BCUT2D eigenvalue weighted by Crippen LogP contribution is 2.26. The predicted octanol–water partition coefficient (Wildman–Crippen LogP) is 2.64. The number of nitrogens with zero attached hydrogens (tertiary/aromatic N) is 1. The minimum absolute atomic E-state index is 0.0215. The molecule has 10 heteroatoms. The molecule has 0 bridgehead atoms. The molecule has 0 aliphatic carbocycles. The first kappa shape index (κ1) is 20.3. The van der Waals surface area contributed by atoms with E-state index in [1.54, 1.807) is 18.2 Å². The Bertz CT molecular complexity index is 763. The minimum Gasteiger partial charge on any atom is -0.467 e. The second kappa shape index (κ2) is 9.08. The molecule has 2 rings (SSSR count). The summed E-state index contributed by atoms with van der Waals surface area (Å²) in [6.45, 7) is -0.0632. The molecule has 0 unspecified atom stereocenters.